The Morgan fingerprint density at radius 2 is 2.17 bits per heavy atom. The van der Waals surface area contributed by atoms with E-state index >= 15 is 0 Å². The number of nitrogens with zero attached hydrogens (tertiary/aromatic N) is 2. The predicted molar refractivity (Wildman–Crippen MR) is 71.7 cm³/mol. The molecule has 0 aliphatic rings. The molecule has 0 bridgehead atoms. The summed E-state index contributed by atoms with van der Waals surface area (Å²) >= 11 is 0. The van der Waals surface area contributed by atoms with E-state index in [4.69, 9.17) is 9.47 Å². The SMILES string of the molecule is CCCOCCn1cc(CNCCOC)c(C)n1. The highest BCUT2D eigenvalue weighted by Crippen LogP contribution is 2.05. The van der Waals surface area contributed by atoms with Crippen LogP contribution < -0.4 is 5.32 Å². The second-order valence-electron chi connectivity index (χ2n) is 4.28. The molecule has 1 heterocycles. The monoisotopic (exact) mass is 255 g/mol. The van der Waals surface area contributed by atoms with E-state index in [1.54, 1.807) is 7.11 Å². The summed E-state index contributed by atoms with van der Waals surface area (Å²) < 4.78 is 12.4. The summed E-state index contributed by atoms with van der Waals surface area (Å²) in [5.74, 6) is 0. The summed E-state index contributed by atoms with van der Waals surface area (Å²) in [5.41, 5.74) is 2.32. The molecule has 5 heteroatoms. The van der Waals surface area contributed by atoms with Gasteiger partial charge in [-0.15, -0.1) is 0 Å². The first-order valence-electron chi connectivity index (χ1n) is 6.58. The third-order valence-corrected chi connectivity index (χ3v) is 2.66. The highest BCUT2D eigenvalue weighted by molar-refractivity contribution is 5.14. The molecule has 104 valence electrons. The molecule has 0 spiro atoms. The fraction of sp³-hybridized carbons (Fsp3) is 0.769. The summed E-state index contributed by atoms with van der Waals surface area (Å²) in [6.45, 7) is 8.96. The van der Waals surface area contributed by atoms with Crippen molar-refractivity contribution in [3.8, 4) is 0 Å². The van der Waals surface area contributed by atoms with Crippen molar-refractivity contribution in [3.63, 3.8) is 0 Å². The van der Waals surface area contributed by atoms with Crippen molar-refractivity contribution in [1.29, 1.82) is 0 Å². The predicted octanol–water partition coefficient (Wildman–Crippen LogP) is 1.35. The van der Waals surface area contributed by atoms with Gasteiger partial charge in [0.15, 0.2) is 0 Å². The molecule has 1 aromatic heterocycles. The number of hydrogen-bond acceptors (Lipinski definition) is 4. The zero-order valence-electron chi connectivity index (χ0n) is 11.7. The third-order valence-electron chi connectivity index (χ3n) is 2.66. The maximum atomic E-state index is 5.46. The fourth-order valence-electron chi connectivity index (χ4n) is 1.65. The molecular formula is C13H25N3O2. The van der Waals surface area contributed by atoms with Gasteiger partial charge in [-0.2, -0.15) is 5.10 Å². The molecule has 0 aliphatic carbocycles. The first-order valence-corrected chi connectivity index (χ1v) is 6.58. The van der Waals surface area contributed by atoms with Crippen LogP contribution in [0.1, 0.15) is 24.6 Å². The molecule has 0 aliphatic heterocycles. The van der Waals surface area contributed by atoms with E-state index in [0.717, 1.165) is 51.6 Å². The Balaban J connectivity index is 2.29. The molecule has 0 fully saturated rings. The molecule has 0 aromatic carbocycles. The van der Waals surface area contributed by atoms with Crippen molar-refractivity contribution in [2.24, 2.45) is 0 Å². The molecule has 0 atom stereocenters. The van der Waals surface area contributed by atoms with Gasteiger partial charge in [0.25, 0.3) is 0 Å². The highest BCUT2D eigenvalue weighted by Gasteiger charge is 2.04. The molecule has 0 saturated heterocycles. The molecule has 0 saturated carbocycles. The number of nitrogens with one attached hydrogen (secondary N) is 1. The maximum absolute atomic E-state index is 5.46. The Morgan fingerprint density at radius 3 is 2.89 bits per heavy atom. The van der Waals surface area contributed by atoms with Crippen LogP contribution in [0.4, 0.5) is 0 Å². The van der Waals surface area contributed by atoms with Gasteiger partial charge in [0.2, 0.25) is 0 Å². The summed E-state index contributed by atoms with van der Waals surface area (Å²) in [7, 11) is 1.71. The number of aromatic nitrogens is 2. The number of aryl methyl sites for hydroxylation is 1. The molecule has 18 heavy (non-hydrogen) atoms. The van der Waals surface area contributed by atoms with Gasteiger partial charge < -0.3 is 14.8 Å². The second kappa shape index (κ2) is 9.08. The lowest BCUT2D eigenvalue weighted by Gasteiger charge is -2.03. The van der Waals surface area contributed by atoms with E-state index in [1.807, 2.05) is 11.6 Å². The lowest BCUT2D eigenvalue weighted by molar-refractivity contribution is 0.124. The number of rotatable bonds is 10. The molecule has 1 N–H and O–H groups in total. The van der Waals surface area contributed by atoms with E-state index < -0.39 is 0 Å². The van der Waals surface area contributed by atoms with Gasteiger partial charge in [-0.3, -0.25) is 4.68 Å². The average molecular weight is 255 g/mol. The van der Waals surface area contributed by atoms with Gasteiger partial charge in [-0.1, -0.05) is 6.92 Å². The quantitative estimate of drug-likeness (QED) is 0.641. The van der Waals surface area contributed by atoms with Gasteiger partial charge in [0.1, 0.15) is 0 Å². The van der Waals surface area contributed by atoms with Crippen LogP contribution in [0.25, 0.3) is 0 Å². The fourth-order valence-corrected chi connectivity index (χ4v) is 1.65. The Bertz CT molecular complexity index is 326. The van der Waals surface area contributed by atoms with Gasteiger partial charge in [-0.05, 0) is 13.3 Å². The first kappa shape index (κ1) is 15.1. The molecule has 0 radical (unpaired) electrons. The summed E-state index contributed by atoms with van der Waals surface area (Å²) in [5, 5.41) is 7.80. The smallest absolute Gasteiger partial charge is 0.0662 e. The topological polar surface area (TPSA) is 48.3 Å². The van der Waals surface area contributed by atoms with Crippen LogP contribution in [-0.4, -0.2) is 43.3 Å². The Morgan fingerprint density at radius 1 is 1.33 bits per heavy atom. The average Bonchev–Trinajstić information content (AvgIpc) is 2.71. The maximum Gasteiger partial charge on any atom is 0.0662 e. The van der Waals surface area contributed by atoms with E-state index in [2.05, 4.69) is 23.5 Å². The second-order valence-corrected chi connectivity index (χ2v) is 4.28. The van der Waals surface area contributed by atoms with Crippen LogP contribution in [0.15, 0.2) is 6.20 Å². The Hall–Kier alpha value is -0.910. The zero-order chi connectivity index (χ0) is 13.2. The van der Waals surface area contributed by atoms with Crippen LogP contribution in [-0.2, 0) is 22.6 Å². The molecule has 1 rings (SSSR count). The molecule has 0 unspecified atom stereocenters. The molecule has 1 aromatic rings. The summed E-state index contributed by atoms with van der Waals surface area (Å²) in [4.78, 5) is 0. The lowest BCUT2D eigenvalue weighted by atomic mass is 10.2. The number of ether oxygens (including phenoxy) is 2. The number of methoxy groups -OCH3 is 1. The molecular weight excluding hydrogens is 230 g/mol. The summed E-state index contributed by atoms with van der Waals surface area (Å²) in [6, 6.07) is 0. The van der Waals surface area contributed by atoms with Gasteiger partial charge >= 0.3 is 0 Å². The van der Waals surface area contributed by atoms with Crippen molar-refractivity contribution in [3.05, 3.63) is 17.5 Å². The van der Waals surface area contributed by atoms with Crippen LogP contribution in [0.5, 0.6) is 0 Å². The van der Waals surface area contributed by atoms with Crippen LogP contribution in [0, 0.1) is 6.92 Å². The van der Waals surface area contributed by atoms with Crippen LogP contribution >= 0.6 is 0 Å². The van der Waals surface area contributed by atoms with Crippen LogP contribution in [0.2, 0.25) is 0 Å². The number of hydrogen-bond donors (Lipinski definition) is 1. The van der Waals surface area contributed by atoms with Crippen molar-refractivity contribution in [2.45, 2.75) is 33.4 Å². The normalized spacial score (nSPS) is 11.1. The summed E-state index contributed by atoms with van der Waals surface area (Å²) in [6.07, 6.45) is 3.15. The van der Waals surface area contributed by atoms with Crippen molar-refractivity contribution in [2.75, 3.05) is 33.5 Å². The zero-order valence-corrected chi connectivity index (χ0v) is 11.7. The Labute approximate surface area is 109 Å². The highest BCUT2D eigenvalue weighted by atomic mass is 16.5. The standard InChI is InChI=1S/C13H25N3O2/c1-4-7-18-9-6-16-11-13(12(2)15-16)10-14-5-8-17-3/h11,14H,4-10H2,1-3H3. The first-order chi connectivity index (χ1) is 8.77. The largest absolute Gasteiger partial charge is 0.383 e. The van der Waals surface area contributed by atoms with Gasteiger partial charge in [0.05, 0.1) is 25.5 Å². The molecule has 5 nitrogen and oxygen atoms in total. The van der Waals surface area contributed by atoms with Crippen molar-refractivity contribution < 1.29 is 9.47 Å². The Kier molecular flexibility index (Phi) is 7.64. The third kappa shape index (κ3) is 5.62. The van der Waals surface area contributed by atoms with E-state index in [1.165, 1.54) is 5.56 Å². The lowest BCUT2D eigenvalue weighted by Crippen LogP contribution is -2.18. The van der Waals surface area contributed by atoms with E-state index in [9.17, 15) is 0 Å². The minimum Gasteiger partial charge on any atom is -0.383 e. The van der Waals surface area contributed by atoms with Gasteiger partial charge in [0, 0.05) is 38.6 Å². The van der Waals surface area contributed by atoms with E-state index in [-0.39, 0.29) is 0 Å². The molecule has 0 amide bonds. The van der Waals surface area contributed by atoms with Crippen molar-refractivity contribution in [1.82, 2.24) is 15.1 Å². The minimum absolute atomic E-state index is 0.728. The van der Waals surface area contributed by atoms with Crippen molar-refractivity contribution >= 4 is 0 Å². The minimum atomic E-state index is 0.728. The van der Waals surface area contributed by atoms with Gasteiger partial charge in [-0.25, -0.2) is 0 Å². The van der Waals surface area contributed by atoms with E-state index in [0.29, 0.717) is 0 Å². The van der Waals surface area contributed by atoms with Crippen LogP contribution in [0.3, 0.4) is 0 Å².